The average Bonchev–Trinajstić information content (AvgIpc) is 2.45. The van der Waals surface area contributed by atoms with Gasteiger partial charge in [-0.1, -0.05) is 12.2 Å². The molecule has 2 rings (SSSR count). The summed E-state index contributed by atoms with van der Waals surface area (Å²) in [5, 5.41) is 0. The minimum atomic E-state index is -0.506. The lowest BCUT2D eigenvalue weighted by molar-refractivity contribution is 0.292. The second kappa shape index (κ2) is 6.29. The zero-order chi connectivity index (χ0) is 14.5. The first-order valence-corrected chi connectivity index (χ1v) is 6.22. The highest BCUT2D eigenvalue weighted by atomic mass is 32.1. The molecule has 0 atom stereocenters. The van der Waals surface area contributed by atoms with Crippen molar-refractivity contribution in [3.63, 3.8) is 0 Å². The summed E-state index contributed by atoms with van der Waals surface area (Å²) in [7, 11) is 1.53. The summed E-state index contributed by atoms with van der Waals surface area (Å²) in [4.78, 5) is 4.07. The van der Waals surface area contributed by atoms with Gasteiger partial charge in [0, 0.05) is 17.8 Å². The van der Waals surface area contributed by atoms with E-state index in [0.717, 1.165) is 5.56 Å². The molecule has 4 nitrogen and oxygen atoms in total. The largest absolute Gasteiger partial charge is 0.489 e. The second-order valence-electron chi connectivity index (χ2n) is 3.97. The molecule has 0 fully saturated rings. The fourth-order valence-corrected chi connectivity index (χ4v) is 1.83. The molecule has 104 valence electrons. The molecule has 1 aromatic carbocycles. The SMILES string of the molecule is COc1ncccc1COc1ccc(C(N)=S)c(F)c1. The van der Waals surface area contributed by atoms with E-state index < -0.39 is 5.82 Å². The highest BCUT2D eigenvalue weighted by Crippen LogP contribution is 2.20. The standard InChI is InChI=1S/C14H13FN2O2S/c1-18-14-9(3-2-6-17-14)8-19-10-4-5-11(13(16)20)12(15)7-10/h2-7H,8H2,1H3,(H2,16,20). The van der Waals surface area contributed by atoms with E-state index in [9.17, 15) is 4.39 Å². The highest BCUT2D eigenvalue weighted by molar-refractivity contribution is 7.80. The number of hydrogen-bond acceptors (Lipinski definition) is 4. The molecular weight excluding hydrogens is 279 g/mol. The fraction of sp³-hybridized carbons (Fsp3) is 0.143. The van der Waals surface area contributed by atoms with Crippen LogP contribution in [0.2, 0.25) is 0 Å². The molecule has 1 heterocycles. The molecule has 2 N–H and O–H groups in total. The van der Waals surface area contributed by atoms with Gasteiger partial charge in [-0.05, 0) is 24.3 Å². The summed E-state index contributed by atoms with van der Waals surface area (Å²) in [6.45, 7) is 0.225. The Morgan fingerprint density at radius 3 is 2.85 bits per heavy atom. The Kier molecular flexibility index (Phi) is 4.47. The summed E-state index contributed by atoms with van der Waals surface area (Å²) in [6, 6.07) is 7.95. The minimum absolute atomic E-state index is 0.0166. The predicted molar refractivity (Wildman–Crippen MR) is 77.4 cm³/mol. The maximum absolute atomic E-state index is 13.7. The summed E-state index contributed by atoms with van der Waals surface area (Å²) in [6.07, 6.45) is 1.62. The van der Waals surface area contributed by atoms with Gasteiger partial charge in [-0.2, -0.15) is 0 Å². The molecule has 20 heavy (non-hydrogen) atoms. The molecule has 0 aliphatic rings. The van der Waals surface area contributed by atoms with Crippen LogP contribution in [0, 0.1) is 5.82 Å². The lowest BCUT2D eigenvalue weighted by Gasteiger charge is -2.10. The maximum Gasteiger partial charge on any atom is 0.219 e. The van der Waals surface area contributed by atoms with Gasteiger partial charge >= 0.3 is 0 Å². The molecule has 0 radical (unpaired) electrons. The Morgan fingerprint density at radius 2 is 2.20 bits per heavy atom. The van der Waals surface area contributed by atoms with E-state index in [2.05, 4.69) is 4.98 Å². The van der Waals surface area contributed by atoms with E-state index in [4.69, 9.17) is 27.4 Å². The Hall–Kier alpha value is -2.21. The van der Waals surface area contributed by atoms with E-state index >= 15 is 0 Å². The highest BCUT2D eigenvalue weighted by Gasteiger charge is 2.08. The summed E-state index contributed by atoms with van der Waals surface area (Å²) >= 11 is 4.74. The van der Waals surface area contributed by atoms with Crippen molar-refractivity contribution in [1.82, 2.24) is 4.98 Å². The van der Waals surface area contributed by atoms with Crippen molar-refractivity contribution in [2.45, 2.75) is 6.61 Å². The molecule has 1 aromatic heterocycles. The number of methoxy groups -OCH3 is 1. The Balaban J connectivity index is 2.11. The number of benzene rings is 1. The van der Waals surface area contributed by atoms with Crippen molar-refractivity contribution < 1.29 is 13.9 Å². The number of rotatable bonds is 5. The van der Waals surface area contributed by atoms with Crippen molar-refractivity contribution in [3.8, 4) is 11.6 Å². The third kappa shape index (κ3) is 3.21. The number of thiocarbonyl (C=S) groups is 1. The van der Waals surface area contributed by atoms with E-state index in [1.165, 1.54) is 19.2 Å². The Morgan fingerprint density at radius 1 is 1.40 bits per heavy atom. The first-order valence-electron chi connectivity index (χ1n) is 5.82. The smallest absolute Gasteiger partial charge is 0.219 e. The van der Waals surface area contributed by atoms with Gasteiger partial charge in [0.25, 0.3) is 0 Å². The molecular formula is C14H13FN2O2S. The van der Waals surface area contributed by atoms with Crippen LogP contribution in [0.3, 0.4) is 0 Å². The molecule has 0 aliphatic heterocycles. The van der Waals surface area contributed by atoms with Gasteiger partial charge in [0.15, 0.2) is 0 Å². The fourth-order valence-electron chi connectivity index (χ4n) is 1.66. The monoisotopic (exact) mass is 292 g/mol. The van der Waals surface area contributed by atoms with Crippen molar-refractivity contribution in [1.29, 1.82) is 0 Å². The maximum atomic E-state index is 13.7. The predicted octanol–water partition coefficient (Wildman–Crippen LogP) is 2.44. The van der Waals surface area contributed by atoms with Gasteiger partial charge in [-0.3, -0.25) is 0 Å². The Labute approximate surface area is 121 Å². The lowest BCUT2D eigenvalue weighted by Crippen LogP contribution is -2.11. The van der Waals surface area contributed by atoms with Crippen molar-refractivity contribution in [2.24, 2.45) is 5.73 Å². The van der Waals surface area contributed by atoms with E-state index in [1.807, 2.05) is 6.07 Å². The van der Waals surface area contributed by atoms with Crippen molar-refractivity contribution in [2.75, 3.05) is 7.11 Å². The molecule has 0 bridgehead atoms. The Bertz CT molecular complexity index is 634. The van der Waals surface area contributed by atoms with Crippen LogP contribution in [-0.2, 0) is 6.61 Å². The number of halogens is 1. The molecule has 6 heteroatoms. The van der Waals surface area contributed by atoms with Crippen LogP contribution in [0.5, 0.6) is 11.6 Å². The van der Waals surface area contributed by atoms with Gasteiger partial charge in [0.2, 0.25) is 5.88 Å². The van der Waals surface area contributed by atoms with Crippen LogP contribution in [0.1, 0.15) is 11.1 Å². The van der Waals surface area contributed by atoms with Crippen molar-refractivity contribution in [3.05, 3.63) is 53.5 Å². The van der Waals surface area contributed by atoms with Gasteiger partial charge in [0.05, 0.1) is 12.7 Å². The van der Waals surface area contributed by atoms with Crippen LogP contribution in [0.4, 0.5) is 4.39 Å². The number of ether oxygens (including phenoxy) is 2. The molecule has 0 unspecified atom stereocenters. The zero-order valence-electron chi connectivity index (χ0n) is 10.8. The average molecular weight is 292 g/mol. The van der Waals surface area contributed by atoms with Gasteiger partial charge < -0.3 is 15.2 Å². The molecule has 0 spiro atoms. The van der Waals surface area contributed by atoms with Crippen molar-refractivity contribution >= 4 is 17.2 Å². The van der Waals surface area contributed by atoms with Crippen LogP contribution in [0.25, 0.3) is 0 Å². The normalized spacial score (nSPS) is 10.1. The summed E-state index contributed by atoms with van der Waals surface area (Å²) in [5.41, 5.74) is 6.37. The van der Waals surface area contributed by atoms with Gasteiger partial charge in [0.1, 0.15) is 23.2 Å². The van der Waals surface area contributed by atoms with Crippen LogP contribution in [0.15, 0.2) is 36.5 Å². The topological polar surface area (TPSA) is 57.4 Å². The third-order valence-corrected chi connectivity index (χ3v) is 2.86. The van der Waals surface area contributed by atoms with Crippen LogP contribution < -0.4 is 15.2 Å². The minimum Gasteiger partial charge on any atom is -0.489 e. The van der Waals surface area contributed by atoms with E-state index in [0.29, 0.717) is 11.6 Å². The van der Waals surface area contributed by atoms with Gasteiger partial charge in [-0.25, -0.2) is 9.37 Å². The molecule has 0 amide bonds. The first kappa shape index (κ1) is 14.2. The van der Waals surface area contributed by atoms with Crippen LogP contribution >= 0.6 is 12.2 Å². The number of nitrogens with zero attached hydrogens (tertiary/aromatic N) is 1. The number of pyridine rings is 1. The summed E-state index contributed by atoms with van der Waals surface area (Å²) < 4.78 is 24.3. The second-order valence-corrected chi connectivity index (χ2v) is 4.41. The molecule has 2 aromatic rings. The quantitative estimate of drug-likeness (QED) is 0.858. The molecule has 0 saturated carbocycles. The van der Waals surface area contributed by atoms with Crippen LogP contribution in [-0.4, -0.2) is 17.1 Å². The first-order chi connectivity index (χ1) is 9.61. The molecule has 0 saturated heterocycles. The number of hydrogen-bond donors (Lipinski definition) is 1. The zero-order valence-corrected chi connectivity index (χ0v) is 11.6. The third-order valence-electron chi connectivity index (χ3n) is 2.64. The van der Waals surface area contributed by atoms with E-state index in [1.54, 1.807) is 18.3 Å². The molecule has 0 aliphatic carbocycles. The number of nitrogens with two attached hydrogens (primary N) is 1. The van der Waals surface area contributed by atoms with Gasteiger partial charge in [-0.15, -0.1) is 0 Å². The summed E-state index contributed by atoms with van der Waals surface area (Å²) in [5.74, 6) is 0.356. The number of aromatic nitrogens is 1. The lowest BCUT2D eigenvalue weighted by atomic mass is 10.2. The van der Waals surface area contributed by atoms with E-state index in [-0.39, 0.29) is 17.2 Å².